The number of carboxylic acids is 1. The molecule has 0 spiro atoms. The number of carbonyl (C=O) groups is 3. The van der Waals surface area contributed by atoms with Crippen LogP contribution < -0.4 is 5.32 Å². The van der Waals surface area contributed by atoms with Gasteiger partial charge in [0.1, 0.15) is 12.1 Å². The second-order valence-electron chi connectivity index (χ2n) is 8.22. The molecule has 2 heterocycles. The average molecular weight is 439 g/mol. The second kappa shape index (κ2) is 9.14. The van der Waals surface area contributed by atoms with Gasteiger partial charge in [0.05, 0.1) is 11.3 Å². The molecule has 1 fully saturated rings. The molecule has 31 heavy (non-hydrogen) atoms. The van der Waals surface area contributed by atoms with Crippen molar-refractivity contribution in [1.82, 2.24) is 10.2 Å². The lowest BCUT2D eigenvalue weighted by Gasteiger charge is -2.40. The van der Waals surface area contributed by atoms with Crippen molar-refractivity contribution in [1.29, 1.82) is 0 Å². The van der Waals surface area contributed by atoms with E-state index in [9.17, 15) is 19.5 Å². The average Bonchev–Trinajstić information content (AvgIpc) is 2.89. The number of carbonyl (C=O) groups excluding carboxylic acids is 2. The first kappa shape index (κ1) is 21.4. The van der Waals surface area contributed by atoms with Gasteiger partial charge < -0.3 is 15.3 Å². The number of aliphatic carboxylic acids is 1. The van der Waals surface area contributed by atoms with E-state index in [-0.39, 0.29) is 17.9 Å². The maximum absolute atomic E-state index is 13.5. The van der Waals surface area contributed by atoms with Crippen molar-refractivity contribution in [3.63, 3.8) is 0 Å². The van der Waals surface area contributed by atoms with Gasteiger partial charge in [0.2, 0.25) is 11.8 Å². The van der Waals surface area contributed by atoms with E-state index in [1.54, 1.807) is 0 Å². The van der Waals surface area contributed by atoms with E-state index in [2.05, 4.69) is 17.9 Å². The number of piperidine rings is 1. The number of fused-ring (bicyclic) bond motifs is 3. The molecule has 4 atom stereocenters. The van der Waals surface area contributed by atoms with Gasteiger partial charge in [-0.25, -0.2) is 4.79 Å². The summed E-state index contributed by atoms with van der Waals surface area (Å²) in [7, 11) is 0. The number of benzene rings is 2. The van der Waals surface area contributed by atoms with E-state index in [0.29, 0.717) is 19.3 Å². The van der Waals surface area contributed by atoms with Crippen LogP contribution >= 0.6 is 12.6 Å². The zero-order chi connectivity index (χ0) is 22.0. The van der Waals surface area contributed by atoms with Gasteiger partial charge in [0.25, 0.3) is 0 Å². The Hall–Kier alpha value is -2.80. The number of hydrogen-bond donors (Lipinski definition) is 3. The first-order valence-corrected chi connectivity index (χ1v) is 11.1. The zero-order valence-electron chi connectivity index (χ0n) is 17.1. The van der Waals surface area contributed by atoms with Gasteiger partial charge >= 0.3 is 5.97 Å². The molecule has 0 saturated carbocycles. The molecule has 0 aromatic heterocycles. The summed E-state index contributed by atoms with van der Waals surface area (Å²) in [6, 6.07) is 15.3. The lowest BCUT2D eigenvalue weighted by Crippen LogP contribution is -2.56. The number of nitrogens with zero attached hydrogens (tertiary/aromatic N) is 1. The molecule has 7 heteroatoms. The Balaban J connectivity index is 1.59. The molecule has 0 radical (unpaired) electrons. The molecular weight excluding hydrogens is 412 g/mol. The van der Waals surface area contributed by atoms with Crippen LogP contribution in [0.3, 0.4) is 0 Å². The van der Waals surface area contributed by atoms with Gasteiger partial charge in [-0.3, -0.25) is 9.59 Å². The highest BCUT2D eigenvalue weighted by molar-refractivity contribution is 7.81. The van der Waals surface area contributed by atoms with E-state index in [1.807, 2.05) is 54.6 Å². The van der Waals surface area contributed by atoms with Crippen LogP contribution in [0.15, 0.2) is 54.6 Å². The summed E-state index contributed by atoms with van der Waals surface area (Å²) >= 11 is 4.46. The van der Waals surface area contributed by atoms with Crippen molar-refractivity contribution in [2.24, 2.45) is 0 Å². The minimum Gasteiger partial charge on any atom is -0.480 e. The van der Waals surface area contributed by atoms with Gasteiger partial charge in [-0.2, -0.15) is 12.6 Å². The van der Waals surface area contributed by atoms with Gasteiger partial charge in [-0.15, -0.1) is 0 Å². The first-order chi connectivity index (χ1) is 15.0. The van der Waals surface area contributed by atoms with Crippen molar-refractivity contribution >= 4 is 30.4 Å². The lowest BCUT2D eigenvalue weighted by atomic mass is 9.89. The van der Waals surface area contributed by atoms with E-state index >= 15 is 0 Å². The fraction of sp³-hybridized carbons (Fsp3) is 0.375. The van der Waals surface area contributed by atoms with Crippen LogP contribution in [0.5, 0.6) is 0 Å². The Morgan fingerprint density at radius 1 is 1.10 bits per heavy atom. The summed E-state index contributed by atoms with van der Waals surface area (Å²) in [5.41, 5.74) is 2.93. The molecule has 4 rings (SSSR count). The van der Waals surface area contributed by atoms with Crippen molar-refractivity contribution < 1.29 is 19.5 Å². The standard InChI is InChI=1S/C24H26N2O4S/c27-22(21(31)13-15-7-2-1-3-8-15)25-18-14-16-9-4-5-10-17(16)19-11-6-12-20(24(29)30)26(19)23(18)28/h1-5,7-10,18-21,31H,6,11-14H2,(H,25,27)(H,29,30)/t18-,19+,20-,21-/m0/s1. The summed E-state index contributed by atoms with van der Waals surface area (Å²) < 4.78 is 0. The summed E-state index contributed by atoms with van der Waals surface area (Å²) in [6.45, 7) is 0. The number of nitrogens with one attached hydrogen (secondary N) is 1. The molecule has 2 amide bonds. The summed E-state index contributed by atoms with van der Waals surface area (Å²) in [5, 5.41) is 12.0. The van der Waals surface area contributed by atoms with Crippen molar-refractivity contribution in [3.05, 3.63) is 71.3 Å². The van der Waals surface area contributed by atoms with E-state index < -0.39 is 23.3 Å². The Morgan fingerprint density at radius 3 is 2.55 bits per heavy atom. The minimum absolute atomic E-state index is 0.281. The molecule has 2 aliphatic heterocycles. The predicted octanol–water partition coefficient (Wildman–Crippen LogP) is 2.78. The molecule has 0 aliphatic carbocycles. The van der Waals surface area contributed by atoms with Crippen LogP contribution in [0.4, 0.5) is 0 Å². The molecule has 2 N–H and O–H groups in total. The summed E-state index contributed by atoms with van der Waals surface area (Å²) in [6.07, 6.45) is 2.66. The molecule has 2 aromatic carbocycles. The smallest absolute Gasteiger partial charge is 0.326 e. The van der Waals surface area contributed by atoms with Crippen molar-refractivity contribution in [2.75, 3.05) is 0 Å². The fourth-order valence-electron chi connectivity index (χ4n) is 4.70. The van der Waals surface area contributed by atoms with Crippen molar-refractivity contribution in [3.8, 4) is 0 Å². The molecule has 0 unspecified atom stereocenters. The van der Waals surface area contributed by atoms with Crippen LogP contribution in [-0.4, -0.2) is 45.1 Å². The maximum atomic E-state index is 13.5. The third-order valence-corrected chi connectivity index (χ3v) is 6.61. The fourth-order valence-corrected chi connectivity index (χ4v) is 4.98. The number of amides is 2. The number of thiol groups is 1. The Labute approximate surface area is 187 Å². The van der Waals surface area contributed by atoms with Gasteiger partial charge in [-0.1, -0.05) is 54.6 Å². The van der Waals surface area contributed by atoms with Crippen LogP contribution in [-0.2, 0) is 27.2 Å². The van der Waals surface area contributed by atoms with Crippen LogP contribution in [0.25, 0.3) is 0 Å². The number of rotatable bonds is 5. The van der Waals surface area contributed by atoms with E-state index in [0.717, 1.165) is 29.5 Å². The highest BCUT2D eigenvalue weighted by Crippen LogP contribution is 2.39. The van der Waals surface area contributed by atoms with Gasteiger partial charge in [0.15, 0.2) is 0 Å². The third kappa shape index (κ3) is 4.46. The van der Waals surface area contributed by atoms with Crippen LogP contribution in [0.2, 0.25) is 0 Å². The quantitative estimate of drug-likeness (QED) is 0.627. The topological polar surface area (TPSA) is 86.7 Å². The number of carboxylic acid groups (broad SMARTS) is 1. The van der Waals surface area contributed by atoms with Crippen LogP contribution in [0.1, 0.15) is 42.0 Å². The normalized spacial score (nSPS) is 23.8. The Bertz CT molecular complexity index is 981. The molecule has 6 nitrogen and oxygen atoms in total. The SMILES string of the molecule is O=C(N[C@H]1Cc2ccccc2[C@H]2CCC[C@@H](C(=O)O)N2C1=O)[C@@H](S)Cc1ccccc1. The van der Waals surface area contributed by atoms with E-state index in [1.165, 1.54) is 4.90 Å². The molecule has 1 saturated heterocycles. The van der Waals surface area contributed by atoms with E-state index in [4.69, 9.17) is 0 Å². The first-order valence-electron chi connectivity index (χ1n) is 10.6. The molecule has 0 bridgehead atoms. The largest absolute Gasteiger partial charge is 0.480 e. The lowest BCUT2D eigenvalue weighted by molar-refractivity contribution is -0.156. The maximum Gasteiger partial charge on any atom is 0.326 e. The number of hydrogen-bond acceptors (Lipinski definition) is 4. The monoisotopic (exact) mass is 438 g/mol. The Morgan fingerprint density at radius 2 is 1.81 bits per heavy atom. The predicted molar refractivity (Wildman–Crippen MR) is 120 cm³/mol. The second-order valence-corrected chi connectivity index (χ2v) is 8.84. The molecular formula is C24H26N2O4S. The third-order valence-electron chi connectivity index (χ3n) is 6.19. The zero-order valence-corrected chi connectivity index (χ0v) is 18.0. The highest BCUT2D eigenvalue weighted by atomic mass is 32.1. The van der Waals surface area contributed by atoms with Gasteiger partial charge in [-0.05, 0) is 42.4 Å². The van der Waals surface area contributed by atoms with Crippen molar-refractivity contribution in [2.45, 2.75) is 55.5 Å². The molecule has 162 valence electrons. The van der Waals surface area contributed by atoms with Crippen LogP contribution in [0, 0.1) is 0 Å². The molecule has 2 aromatic rings. The molecule has 2 aliphatic rings. The van der Waals surface area contributed by atoms with Gasteiger partial charge in [0, 0.05) is 6.42 Å². The Kier molecular flexibility index (Phi) is 6.32. The summed E-state index contributed by atoms with van der Waals surface area (Å²) in [5.74, 6) is -1.66. The minimum atomic E-state index is -1.00. The highest BCUT2D eigenvalue weighted by Gasteiger charge is 2.44. The summed E-state index contributed by atoms with van der Waals surface area (Å²) in [4.78, 5) is 39.8.